The molecule has 0 unspecified atom stereocenters. The summed E-state index contributed by atoms with van der Waals surface area (Å²) in [6.45, 7) is 2.54. The van der Waals surface area contributed by atoms with Crippen molar-refractivity contribution in [3.05, 3.63) is 106 Å². The standard InChI is InChI=1S/C28H28N4O3/c33-27-25-4-2-1-3-24(25)26(30-31-27)28(34)32-15-11-21(12-16-32)17-20-5-7-22(8-6-20)18-35-19-23-9-13-29-14-10-23/h1-10,13-14,21H,11-12,15-19H2,(H,31,33). The number of piperidine rings is 1. The quantitative estimate of drug-likeness (QED) is 0.441. The lowest BCUT2D eigenvalue weighted by atomic mass is 9.89. The zero-order valence-corrected chi connectivity index (χ0v) is 19.5. The Kier molecular flexibility index (Phi) is 6.95. The van der Waals surface area contributed by atoms with Gasteiger partial charge in [0.1, 0.15) is 0 Å². The molecule has 0 atom stereocenters. The summed E-state index contributed by atoms with van der Waals surface area (Å²) in [6, 6.07) is 19.7. The van der Waals surface area contributed by atoms with Gasteiger partial charge >= 0.3 is 0 Å². The van der Waals surface area contributed by atoms with Gasteiger partial charge < -0.3 is 9.64 Å². The molecule has 4 aromatic rings. The molecule has 3 heterocycles. The van der Waals surface area contributed by atoms with E-state index in [-0.39, 0.29) is 11.5 Å². The van der Waals surface area contributed by atoms with Crippen molar-refractivity contribution in [1.82, 2.24) is 20.1 Å². The summed E-state index contributed by atoms with van der Waals surface area (Å²) < 4.78 is 5.81. The minimum absolute atomic E-state index is 0.119. The number of carbonyl (C=O) groups excluding carboxylic acids is 1. The van der Waals surface area contributed by atoms with Gasteiger partial charge in [0.2, 0.25) is 0 Å². The van der Waals surface area contributed by atoms with Crippen molar-refractivity contribution in [3.8, 4) is 0 Å². The number of carbonyl (C=O) groups is 1. The number of amides is 1. The van der Waals surface area contributed by atoms with Crippen molar-refractivity contribution in [2.75, 3.05) is 13.1 Å². The fourth-order valence-electron chi connectivity index (χ4n) is 4.64. The van der Waals surface area contributed by atoms with Crippen molar-refractivity contribution in [1.29, 1.82) is 0 Å². The van der Waals surface area contributed by atoms with E-state index in [1.807, 2.05) is 23.1 Å². The molecule has 1 fully saturated rings. The second-order valence-corrected chi connectivity index (χ2v) is 9.05. The van der Waals surface area contributed by atoms with E-state index < -0.39 is 0 Å². The molecule has 1 amide bonds. The predicted molar refractivity (Wildman–Crippen MR) is 134 cm³/mol. The van der Waals surface area contributed by atoms with Gasteiger partial charge in [-0.2, -0.15) is 5.10 Å². The molecule has 5 rings (SSSR count). The van der Waals surface area contributed by atoms with E-state index in [4.69, 9.17) is 4.74 Å². The van der Waals surface area contributed by atoms with Crippen molar-refractivity contribution < 1.29 is 9.53 Å². The van der Waals surface area contributed by atoms with Crippen molar-refractivity contribution in [3.63, 3.8) is 0 Å². The predicted octanol–water partition coefficient (Wildman–Crippen LogP) is 4.13. The van der Waals surface area contributed by atoms with Gasteiger partial charge in [0.25, 0.3) is 11.5 Å². The minimum atomic E-state index is -0.276. The second-order valence-electron chi connectivity index (χ2n) is 9.05. The zero-order chi connectivity index (χ0) is 24.0. The molecule has 0 aliphatic carbocycles. The molecule has 2 aromatic heterocycles. The Morgan fingerprint density at radius 3 is 2.23 bits per heavy atom. The Labute approximate surface area is 203 Å². The average Bonchev–Trinajstić information content (AvgIpc) is 2.91. The van der Waals surface area contributed by atoms with Crippen LogP contribution in [0.25, 0.3) is 10.8 Å². The number of fused-ring (bicyclic) bond motifs is 1. The van der Waals surface area contributed by atoms with Crippen LogP contribution in [-0.4, -0.2) is 39.1 Å². The van der Waals surface area contributed by atoms with E-state index in [0.29, 0.717) is 48.7 Å². The maximum Gasteiger partial charge on any atom is 0.274 e. The molecule has 1 saturated heterocycles. The van der Waals surface area contributed by atoms with Gasteiger partial charge in [0, 0.05) is 30.9 Å². The third-order valence-corrected chi connectivity index (χ3v) is 6.63. The highest BCUT2D eigenvalue weighted by Gasteiger charge is 2.26. The number of nitrogens with one attached hydrogen (secondary N) is 1. The van der Waals surface area contributed by atoms with Crippen molar-refractivity contribution in [2.24, 2.45) is 5.92 Å². The normalized spacial score (nSPS) is 14.3. The van der Waals surface area contributed by atoms with E-state index in [1.165, 1.54) is 5.56 Å². The molecule has 35 heavy (non-hydrogen) atoms. The zero-order valence-electron chi connectivity index (χ0n) is 19.5. The van der Waals surface area contributed by atoms with Crippen LogP contribution in [0, 0.1) is 5.92 Å². The molecule has 0 saturated carbocycles. The average molecular weight is 469 g/mol. The first-order valence-corrected chi connectivity index (χ1v) is 12.0. The van der Waals surface area contributed by atoms with Crippen molar-refractivity contribution in [2.45, 2.75) is 32.5 Å². The Morgan fingerprint density at radius 1 is 0.886 bits per heavy atom. The summed E-state index contributed by atoms with van der Waals surface area (Å²) in [4.78, 5) is 31.0. The number of aromatic nitrogens is 3. The third kappa shape index (κ3) is 5.46. The largest absolute Gasteiger partial charge is 0.372 e. The number of rotatable bonds is 7. The number of aromatic amines is 1. The van der Waals surface area contributed by atoms with Crippen LogP contribution in [0.2, 0.25) is 0 Å². The summed E-state index contributed by atoms with van der Waals surface area (Å²) in [7, 11) is 0. The smallest absolute Gasteiger partial charge is 0.274 e. The van der Waals surface area contributed by atoms with Crippen LogP contribution in [0.5, 0.6) is 0 Å². The molecule has 7 nitrogen and oxygen atoms in total. The van der Waals surface area contributed by atoms with Crippen LogP contribution in [0.4, 0.5) is 0 Å². The molecule has 7 heteroatoms. The molecule has 0 radical (unpaired) electrons. The number of likely N-dealkylation sites (tertiary alicyclic amines) is 1. The van der Waals surface area contributed by atoms with Gasteiger partial charge in [0.05, 0.1) is 18.6 Å². The lowest BCUT2D eigenvalue weighted by Crippen LogP contribution is -2.39. The van der Waals surface area contributed by atoms with Crippen LogP contribution in [0.3, 0.4) is 0 Å². The first kappa shape index (κ1) is 22.9. The van der Waals surface area contributed by atoms with E-state index in [1.54, 1.807) is 30.6 Å². The lowest BCUT2D eigenvalue weighted by Gasteiger charge is -2.32. The van der Waals surface area contributed by atoms with Crippen LogP contribution in [-0.2, 0) is 24.4 Å². The highest BCUT2D eigenvalue weighted by atomic mass is 16.5. The Balaban J connectivity index is 1.12. The van der Waals surface area contributed by atoms with Crippen LogP contribution in [0.1, 0.15) is 40.0 Å². The molecule has 1 aliphatic heterocycles. The van der Waals surface area contributed by atoms with E-state index >= 15 is 0 Å². The number of hydrogen-bond acceptors (Lipinski definition) is 5. The Bertz CT molecular complexity index is 1340. The van der Waals surface area contributed by atoms with Crippen LogP contribution >= 0.6 is 0 Å². The maximum atomic E-state index is 13.1. The summed E-state index contributed by atoms with van der Waals surface area (Å²) in [6.07, 6.45) is 6.44. The molecule has 1 aliphatic rings. The molecule has 1 N–H and O–H groups in total. The number of benzene rings is 2. The van der Waals surface area contributed by atoms with E-state index in [2.05, 4.69) is 39.4 Å². The number of nitrogens with zero attached hydrogens (tertiary/aromatic N) is 3. The first-order chi connectivity index (χ1) is 17.2. The number of hydrogen-bond donors (Lipinski definition) is 1. The molecular formula is C28H28N4O3. The number of H-pyrrole nitrogens is 1. The Hall–Kier alpha value is -3.84. The van der Waals surface area contributed by atoms with E-state index in [9.17, 15) is 9.59 Å². The van der Waals surface area contributed by atoms with Crippen LogP contribution < -0.4 is 5.56 Å². The topological polar surface area (TPSA) is 88.2 Å². The minimum Gasteiger partial charge on any atom is -0.372 e. The third-order valence-electron chi connectivity index (χ3n) is 6.63. The van der Waals surface area contributed by atoms with Gasteiger partial charge in [-0.1, -0.05) is 42.5 Å². The SMILES string of the molecule is O=C(c1n[nH]c(=O)c2ccccc12)N1CCC(Cc2ccc(COCc3ccncc3)cc2)CC1. The van der Waals surface area contributed by atoms with Gasteiger partial charge in [-0.25, -0.2) is 5.10 Å². The van der Waals surface area contributed by atoms with Gasteiger partial charge in [-0.3, -0.25) is 14.6 Å². The number of ether oxygens (including phenoxy) is 1. The molecule has 2 aromatic carbocycles. The van der Waals surface area contributed by atoms with Gasteiger partial charge in [0.15, 0.2) is 5.69 Å². The molecule has 0 spiro atoms. The monoisotopic (exact) mass is 468 g/mol. The maximum absolute atomic E-state index is 13.1. The highest BCUT2D eigenvalue weighted by molar-refractivity contribution is 6.04. The summed E-state index contributed by atoms with van der Waals surface area (Å²) in [5, 5.41) is 7.64. The van der Waals surface area contributed by atoms with Crippen LogP contribution in [0.15, 0.2) is 77.9 Å². The van der Waals surface area contributed by atoms with Gasteiger partial charge in [-0.05, 0) is 60.1 Å². The number of pyridine rings is 1. The summed E-state index contributed by atoms with van der Waals surface area (Å²) in [5.74, 6) is 0.417. The second kappa shape index (κ2) is 10.6. The molecule has 178 valence electrons. The molecular weight excluding hydrogens is 440 g/mol. The van der Waals surface area contributed by atoms with Gasteiger partial charge in [-0.15, -0.1) is 0 Å². The Morgan fingerprint density at radius 2 is 1.51 bits per heavy atom. The fraction of sp³-hybridized carbons (Fsp3) is 0.286. The van der Waals surface area contributed by atoms with Crippen molar-refractivity contribution >= 4 is 16.7 Å². The first-order valence-electron chi connectivity index (χ1n) is 12.0. The highest BCUT2D eigenvalue weighted by Crippen LogP contribution is 2.24. The summed E-state index contributed by atoms with van der Waals surface area (Å²) >= 11 is 0. The molecule has 0 bridgehead atoms. The van der Waals surface area contributed by atoms with E-state index in [0.717, 1.165) is 30.4 Å². The lowest BCUT2D eigenvalue weighted by molar-refractivity contribution is 0.0685. The summed E-state index contributed by atoms with van der Waals surface area (Å²) in [5.41, 5.74) is 3.62. The fourth-order valence-corrected chi connectivity index (χ4v) is 4.64.